The third-order valence-corrected chi connectivity index (χ3v) is 7.03. The Kier molecular flexibility index (Phi) is 7.40. The van der Waals surface area contributed by atoms with Crippen molar-refractivity contribution in [3.63, 3.8) is 0 Å². The molecule has 1 saturated heterocycles. The van der Waals surface area contributed by atoms with Crippen LogP contribution in [0.4, 0.5) is 17.2 Å². The lowest BCUT2D eigenvalue weighted by atomic mass is 9.73. The monoisotopic (exact) mass is 428 g/mol. The van der Waals surface area contributed by atoms with Crippen LogP contribution in [0.2, 0.25) is 0 Å². The molecule has 1 fully saturated rings. The van der Waals surface area contributed by atoms with Gasteiger partial charge in [0, 0.05) is 36.5 Å². The number of allylic oxidation sites excluding steroid dienone is 1. The molecule has 1 aliphatic heterocycles. The maximum absolute atomic E-state index is 5.58. The van der Waals surface area contributed by atoms with Crippen molar-refractivity contribution < 1.29 is 0 Å². The molecule has 1 aliphatic rings. The van der Waals surface area contributed by atoms with Crippen molar-refractivity contribution >= 4 is 23.9 Å². The predicted octanol–water partition coefficient (Wildman–Crippen LogP) is 6.64. The molecule has 1 aromatic carbocycles. The third kappa shape index (κ3) is 5.05. The van der Waals surface area contributed by atoms with Crippen LogP contribution in [0.3, 0.4) is 0 Å². The maximum atomic E-state index is 5.58. The second kappa shape index (κ2) is 10.0. The second-order valence-corrected chi connectivity index (χ2v) is 9.39. The van der Waals surface area contributed by atoms with Crippen LogP contribution in [-0.4, -0.2) is 31.3 Å². The van der Waals surface area contributed by atoms with Crippen LogP contribution in [0.1, 0.15) is 45.6 Å². The Bertz CT molecular complexity index is 1000. The molecule has 4 nitrogen and oxygen atoms in total. The number of rotatable bonds is 9. The van der Waals surface area contributed by atoms with Gasteiger partial charge in [0.2, 0.25) is 0 Å². The number of aryl methyl sites for hydroxylation is 1. The smallest absolute Gasteiger partial charge is 0.175 e. The molecule has 0 spiro atoms. The summed E-state index contributed by atoms with van der Waals surface area (Å²) in [4.78, 5) is 11.5. The van der Waals surface area contributed by atoms with Crippen molar-refractivity contribution in [2.24, 2.45) is 16.3 Å². The van der Waals surface area contributed by atoms with Gasteiger partial charge < -0.3 is 10.2 Å². The molecule has 1 aromatic heterocycles. The van der Waals surface area contributed by atoms with Gasteiger partial charge in [-0.05, 0) is 68.0 Å². The number of hydrogen-bond acceptors (Lipinski definition) is 4. The highest BCUT2D eigenvalue weighted by Gasteiger charge is 2.27. The lowest BCUT2D eigenvalue weighted by Crippen LogP contribution is -2.25. The number of anilines is 2. The molecular weight excluding hydrogens is 392 g/mol. The van der Waals surface area contributed by atoms with E-state index in [1.807, 2.05) is 0 Å². The van der Waals surface area contributed by atoms with Crippen LogP contribution < -0.4 is 10.2 Å². The van der Waals surface area contributed by atoms with Gasteiger partial charge in [0.1, 0.15) is 0 Å². The Balaban J connectivity index is 1.72. The van der Waals surface area contributed by atoms with Gasteiger partial charge >= 0.3 is 0 Å². The molecule has 1 unspecified atom stereocenters. The number of aromatic nitrogens is 1. The summed E-state index contributed by atoms with van der Waals surface area (Å²) in [5.74, 6) is 3.73. The van der Waals surface area contributed by atoms with Gasteiger partial charge in [-0.25, -0.2) is 9.98 Å². The van der Waals surface area contributed by atoms with E-state index in [1.165, 1.54) is 18.5 Å². The summed E-state index contributed by atoms with van der Waals surface area (Å²) >= 11 is 0. The molecule has 32 heavy (non-hydrogen) atoms. The second-order valence-electron chi connectivity index (χ2n) is 9.39. The summed E-state index contributed by atoms with van der Waals surface area (Å²) in [5.41, 5.74) is 6.11. The van der Waals surface area contributed by atoms with E-state index in [9.17, 15) is 0 Å². The van der Waals surface area contributed by atoms with Gasteiger partial charge in [0.15, 0.2) is 5.82 Å². The van der Waals surface area contributed by atoms with E-state index < -0.39 is 0 Å². The molecule has 2 aromatic rings. The molecule has 3 rings (SSSR count). The van der Waals surface area contributed by atoms with Gasteiger partial charge in [-0.1, -0.05) is 45.4 Å². The van der Waals surface area contributed by atoms with E-state index in [2.05, 4.69) is 92.5 Å². The zero-order chi connectivity index (χ0) is 23.3. The first-order valence-corrected chi connectivity index (χ1v) is 11.5. The van der Waals surface area contributed by atoms with Crippen LogP contribution in [0.15, 0.2) is 47.5 Å². The van der Waals surface area contributed by atoms with Crippen molar-refractivity contribution in [2.45, 2.75) is 47.0 Å². The Hall–Kier alpha value is -3.06. The Morgan fingerprint density at radius 3 is 2.53 bits per heavy atom. The molecule has 0 amide bonds. The highest BCUT2D eigenvalue weighted by molar-refractivity contribution is 5.74. The molecule has 0 aliphatic carbocycles. The molecule has 1 N–H and O–H groups in total. The fourth-order valence-electron chi connectivity index (χ4n) is 4.22. The summed E-state index contributed by atoms with van der Waals surface area (Å²) in [6, 6.07) is 10.8. The molecule has 1 atom stereocenters. The fourth-order valence-corrected chi connectivity index (χ4v) is 4.22. The van der Waals surface area contributed by atoms with E-state index in [1.54, 1.807) is 0 Å². The Morgan fingerprint density at radius 2 is 1.94 bits per heavy atom. The lowest BCUT2D eigenvalue weighted by molar-refractivity contribution is 0.284. The third-order valence-electron chi connectivity index (χ3n) is 7.03. The first-order valence-electron chi connectivity index (χ1n) is 11.5. The lowest BCUT2D eigenvalue weighted by Gasteiger charge is -2.32. The number of aliphatic imine (C=N–C) groups is 1. The van der Waals surface area contributed by atoms with E-state index in [4.69, 9.17) is 11.4 Å². The largest absolute Gasteiger partial charge is 0.382 e. The minimum absolute atomic E-state index is 0.102. The van der Waals surface area contributed by atoms with Crippen LogP contribution in [0, 0.1) is 30.6 Å². The number of benzene rings is 1. The minimum Gasteiger partial charge on any atom is -0.382 e. The Labute approximate surface area is 193 Å². The maximum Gasteiger partial charge on any atom is 0.175 e. The number of nitrogens with zero attached hydrogens (tertiary/aromatic N) is 3. The average Bonchev–Trinajstić information content (AvgIpc) is 3.33. The summed E-state index contributed by atoms with van der Waals surface area (Å²) < 4.78 is 0. The van der Waals surface area contributed by atoms with Crippen LogP contribution >= 0.6 is 0 Å². The van der Waals surface area contributed by atoms with Crippen LogP contribution in [0.25, 0.3) is 11.3 Å². The van der Waals surface area contributed by atoms with Crippen molar-refractivity contribution in [1.29, 1.82) is 0 Å². The number of nitrogens with one attached hydrogen (secondary N) is 1. The van der Waals surface area contributed by atoms with E-state index >= 15 is 0 Å². The molecule has 4 heteroatoms. The van der Waals surface area contributed by atoms with E-state index in [-0.39, 0.29) is 5.41 Å². The zero-order valence-corrected chi connectivity index (χ0v) is 20.0. The fraction of sp³-hybridized carbons (Fsp3) is 0.429. The molecule has 0 radical (unpaired) electrons. The van der Waals surface area contributed by atoms with Crippen molar-refractivity contribution in [2.75, 3.05) is 29.9 Å². The number of hydrogen-bond donors (Lipinski definition) is 1. The SMILES string of the molecule is C#CC(=C)C(C)(C)C(C)CCNc1cc(C)c(-c2ccc(N3CCCC3)cc2)nc1N=C. The molecule has 168 valence electrons. The normalized spacial score (nSPS) is 14.7. The van der Waals surface area contributed by atoms with Gasteiger partial charge in [-0.2, -0.15) is 0 Å². The van der Waals surface area contributed by atoms with E-state index in [0.29, 0.717) is 11.7 Å². The first-order chi connectivity index (χ1) is 15.3. The van der Waals surface area contributed by atoms with Gasteiger partial charge in [0.25, 0.3) is 0 Å². The van der Waals surface area contributed by atoms with Crippen molar-refractivity contribution in [1.82, 2.24) is 4.98 Å². The zero-order valence-electron chi connectivity index (χ0n) is 20.0. The summed E-state index contributed by atoms with van der Waals surface area (Å²) in [6.45, 7) is 19.5. The molecule has 0 saturated carbocycles. The van der Waals surface area contributed by atoms with Crippen molar-refractivity contribution in [3.05, 3.63) is 48.0 Å². The van der Waals surface area contributed by atoms with Crippen molar-refractivity contribution in [3.8, 4) is 23.6 Å². The number of pyridine rings is 1. The standard InChI is InChI=1S/C28H36N4/c1-8-21(3)28(5,6)22(4)15-16-30-25-19-20(2)26(31-27(25)29-7)23-11-13-24(14-12-23)32-17-9-10-18-32/h1,11-14,19,22,30H,3,7,9-10,15-18H2,2,4-6H3. The first kappa shape index (κ1) is 23.6. The average molecular weight is 429 g/mol. The molecule has 2 heterocycles. The van der Waals surface area contributed by atoms with Gasteiger partial charge in [0.05, 0.1) is 11.4 Å². The molecule has 0 bridgehead atoms. The summed E-state index contributed by atoms with van der Waals surface area (Å²) in [7, 11) is 0. The van der Waals surface area contributed by atoms with E-state index in [0.717, 1.165) is 54.1 Å². The van der Waals surface area contributed by atoms with Crippen LogP contribution in [-0.2, 0) is 0 Å². The molecular formula is C28H36N4. The van der Waals surface area contributed by atoms with Gasteiger partial charge in [-0.15, -0.1) is 6.42 Å². The summed E-state index contributed by atoms with van der Waals surface area (Å²) in [6.07, 6.45) is 9.09. The quantitative estimate of drug-likeness (QED) is 0.359. The highest BCUT2D eigenvalue weighted by atomic mass is 15.1. The predicted molar refractivity (Wildman–Crippen MR) is 139 cm³/mol. The highest BCUT2D eigenvalue weighted by Crippen LogP contribution is 2.36. The van der Waals surface area contributed by atoms with Crippen LogP contribution in [0.5, 0.6) is 0 Å². The number of terminal acetylenes is 1. The Morgan fingerprint density at radius 1 is 1.28 bits per heavy atom. The summed E-state index contributed by atoms with van der Waals surface area (Å²) in [5, 5.41) is 3.51. The van der Waals surface area contributed by atoms with Gasteiger partial charge in [-0.3, -0.25) is 0 Å². The topological polar surface area (TPSA) is 40.5 Å². The minimum atomic E-state index is -0.102.